The highest BCUT2D eigenvalue weighted by Gasteiger charge is 2.58. The molecule has 1 fully saturated rings. The summed E-state index contributed by atoms with van der Waals surface area (Å²) in [4.78, 5) is 27.5. The summed E-state index contributed by atoms with van der Waals surface area (Å²) >= 11 is 0. The minimum atomic E-state index is -1.24. The van der Waals surface area contributed by atoms with E-state index in [1.54, 1.807) is 4.90 Å². The fourth-order valence-electron chi connectivity index (χ4n) is 3.52. The van der Waals surface area contributed by atoms with Crippen molar-refractivity contribution in [2.45, 2.75) is 25.7 Å². The number of nitrogens with zero attached hydrogens (tertiary/aromatic N) is 1. The van der Waals surface area contributed by atoms with Crippen LogP contribution in [-0.2, 0) is 16.0 Å². The average Bonchev–Trinajstić information content (AvgIpc) is 3.46. The Morgan fingerprint density at radius 1 is 1.00 bits per heavy atom. The summed E-state index contributed by atoms with van der Waals surface area (Å²) in [6.45, 7) is 0.541. The van der Waals surface area contributed by atoms with E-state index >= 15 is 0 Å². The lowest BCUT2D eigenvalue weighted by molar-refractivity contribution is -0.132. The molecule has 0 aromatic heterocycles. The van der Waals surface area contributed by atoms with E-state index in [-0.39, 0.29) is 5.91 Å². The van der Waals surface area contributed by atoms with Crippen LogP contribution >= 0.6 is 0 Å². The molecule has 1 aliphatic heterocycles. The maximum atomic E-state index is 13.8. The molecule has 0 bridgehead atoms. The highest BCUT2D eigenvalue weighted by Crippen LogP contribution is 2.49. The van der Waals surface area contributed by atoms with Crippen LogP contribution in [0, 0.1) is 17.0 Å². The van der Waals surface area contributed by atoms with Gasteiger partial charge in [-0.1, -0.05) is 24.3 Å². The molecule has 2 amide bonds. The Labute approximate surface area is 149 Å². The zero-order valence-electron chi connectivity index (χ0n) is 14.1. The standard InChI is InChI=1S/C20H18F2N2O2/c21-14-7-3-8-15(22)17(14)23-18(25)20(10-11-20)19(26)24-12-4-6-13-5-1-2-9-16(13)24/h1-3,5,7-9H,4,6,10-12H2,(H,23,25). The van der Waals surface area contributed by atoms with Gasteiger partial charge in [-0.05, 0) is 49.4 Å². The molecule has 2 aromatic rings. The van der Waals surface area contributed by atoms with E-state index in [0.717, 1.165) is 36.2 Å². The first-order valence-electron chi connectivity index (χ1n) is 8.68. The maximum absolute atomic E-state index is 13.8. The van der Waals surface area contributed by atoms with Crippen molar-refractivity contribution in [3.8, 4) is 0 Å². The molecule has 1 heterocycles. The van der Waals surface area contributed by atoms with Gasteiger partial charge in [0.05, 0.1) is 0 Å². The minimum absolute atomic E-state index is 0.293. The number of carbonyl (C=O) groups is 2. The lowest BCUT2D eigenvalue weighted by Crippen LogP contribution is -2.45. The van der Waals surface area contributed by atoms with E-state index in [9.17, 15) is 18.4 Å². The Kier molecular flexibility index (Phi) is 3.98. The third-order valence-corrected chi connectivity index (χ3v) is 5.15. The van der Waals surface area contributed by atoms with Crippen LogP contribution < -0.4 is 10.2 Å². The third-order valence-electron chi connectivity index (χ3n) is 5.15. The Morgan fingerprint density at radius 2 is 1.69 bits per heavy atom. The van der Waals surface area contributed by atoms with Gasteiger partial charge < -0.3 is 10.2 Å². The number of anilines is 2. The van der Waals surface area contributed by atoms with Gasteiger partial charge in [-0.15, -0.1) is 0 Å². The van der Waals surface area contributed by atoms with E-state index in [2.05, 4.69) is 5.32 Å². The van der Waals surface area contributed by atoms with E-state index < -0.39 is 28.6 Å². The maximum Gasteiger partial charge on any atom is 0.242 e. The summed E-state index contributed by atoms with van der Waals surface area (Å²) in [6, 6.07) is 11.0. The molecular formula is C20H18F2N2O2. The topological polar surface area (TPSA) is 49.4 Å². The van der Waals surface area contributed by atoms with Gasteiger partial charge in [0.2, 0.25) is 11.8 Å². The summed E-state index contributed by atoms with van der Waals surface area (Å²) < 4.78 is 27.6. The fourth-order valence-corrected chi connectivity index (χ4v) is 3.52. The van der Waals surface area contributed by atoms with Crippen LogP contribution in [0.3, 0.4) is 0 Å². The Balaban J connectivity index is 1.60. The molecule has 4 nitrogen and oxygen atoms in total. The van der Waals surface area contributed by atoms with Gasteiger partial charge in [-0.2, -0.15) is 0 Å². The highest BCUT2D eigenvalue weighted by molar-refractivity contribution is 6.18. The van der Waals surface area contributed by atoms with Crippen molar-refractivity contribution in [3.63, 3.8) is 0 Å². The molecule has 0 saturated heterocycles. The largest absolute Gasteiger partial charge is 0.320 e. The van der Waals surface area contributed by atoms with Crippen molar-refractivity contribution in [1.29, 1.82) is 0 Å². The van der Waals surface area contributed by atoms with Gasteiger partial charge in [0.1, 0.15) is 22.7 Å². The number of para-hydroxylation sites is 2. The molecule has 4 rings (SSSR count). The quantitative estimate of drug-likeness (QED) is 0.854. The highest BCUT2D eigenvalue weighted by atomic mass is 19.1. The van der Waals surface area contributed by atoms with E-state index in [4.69, 9.17) is 0 Å². The van der Waals surface area contributed by atoms with Crippen molar-refractivity contribution >= 4 is 23.2 Å². The van der Waals surface area contributed by atoms with Gasteiger partial charge in [-0.3, -0.25) is 9.59 Å². The number of carbonyl (C=O) groups excluding carboxylic acids is 2. The molecule has 6 heteroatoms. The van der Waals surface area contributed by atoms with Gasteiger partial charge >= 0.3 is 0 Å². The second-order valence-corrected chi connectivity index (χ2v) is 6.82. The first-order chi connectivity index (χ1) is 12.5. The number of hydrogen-bond acceptors (Lipinski definition) is 2. The molecule has 1 N–H and O–H groups in total. The van der Waals surface area contributed by atoms with Gasteiger partial charge in [0.25, 0.3) is 0 Å². The first-order valence-corrected chi connectivity index (χ1v) is 8.68. The van der Waals surface area contributed by atoms with Crippen LogP contribution in [0.25, 0.3) is 0 Å². The summed E-state index contributed by atoms with van der Waals surface area (Å²) in [7, 11) is 0. The van der Waals surface area contributed by atoms with Gasteiger partial charge in [0.15, 0.2) is 0 Å². The number of benzene rings is 2. The van der Waals surface area contributed by atoms with Crippen molar-refractivity contribution in [2.24, 2.45) is 5.41 Å². The van der Waals surface area contributed by atoms with Crippen LogP contribution in [0.1, 0.15) is 24.8 Å². The fraction of sp³-hybridized carbons (Fsp3) is 0.300. The number of nitrogens with one attached hydrogen (secondary N) is 1. The second-order valence-electron chi connectivity index (χ2n) is 6.82. The van der Waals surface area contributed by atoms with Crippen molar-refractivity contribution in [3.05, 3.63) is 59.7 Å². The van der Waals surface area contributed by atoms with Crippen molar-refractivity contribution in [1.82, 2.24) is 0 Å². The monoisotopic (exact) mass is 356 g/mol. The number of fused-ring (bicyclic) bond motifs is 1. The number of halogens is 2. The summed E-state index contributed by atoms with van der Waals surface area (Å²) in [5, 5.41) is 2.29. The van der Waals surface area contributed by atoms with Crippen molar-refractivity contribution in [2.75, 3.05) is 16.8 Å². The van der Waals surface area contributed by atoms with E-state index in [1.807, 2.05) is 24.3 Å². The van der Waals surface area contributed by atoms with Crippen LogP contribution in [0.2, 0.25) is 0 Å². The summed E-state index contributed by atoms with van der Waals surface area (Å²) in [5.41, 5.74) is 0.151. The van der Waals surface area contributed by atoms with Crippen LogP contribution in [0.15, 0.2) is 42.5 Å². The molecule has 26 heavy (non-hydrogen) atoms. The van der Waals surface area contributed by atoms with Gasteiger partial charge in [-0.25, -0.2) is 8.78 Å². The smallest absolute Gasteiger partial charge is 0.242 e. The molecule has 0 radical (unpaired) electrons. The lowest BCUT2D eigenvalue weighted by atomic mass is 9.97. The summed E-state index contributed by atoms with van der Waals surface area (Å²) in [6.07, 6.45) is 2.47. The lowest BCUT2D eigenvalue weighted by Gasteiger charge is -2.32. The zero-order chi connectivity index (χ0) is 18.3. The predicted molar refractivity (Wildman–Crippen MR) is 93.8 cm³/mol. The Bertz CT molecular complexity index is 873. The Hall–Kier alpha value is -2.76. The summed E-state index contributed by atoms with van der Waals surface area (Å²) in [5.74, 6) is -2.65. The van der Waals surface area contributed by atoms with Crippen LogP contribution in [0.4, 0.5) is 20.2 Å². The molecule has 0 atom stereocenters. The normalized spacial score (nSPS) is 17.4. The SMILES string of the molecule is O=C(Nc1c(F)cccc1F)C1(C(=O)N2CCCc3ccccc32)CC1. The molecule has 0 unspecified atom stereocenters. The van der Waals surface area contributed by atoms with Crippen LogP contribution in [-0.4, -0.2) is 18.4 Å². The average molecular weight is 356 g/mol. The zero-order valence-corrected chi connectivity index (χ0v) is 14.1. The second kappa shape index (κ2) is 6.20. The number of rotatable bonds is 3. The predicted octanol–water partition coefficient (Wildman–Crippen LogP) is 3.66. The molecular weight excluding hydrogens is 338 g/mol. The molecule has 2 aliphatic rings. The molecule has 1 aliphatic carbocycles. The molecule has 134 valence electrons. The van der Waals surface area contributed by atoms with Crippen LogP contribution in [0.5, 0.6) is 0 Å². The third kappa shape index (κ3) is 2.66. The number of amides is 2. The molecule has 0 spiro atoms. The van der Waals surface area contributed by atoms with Gasteiger partial charge in [0, 0.05) is 12.2 Å². The van der Waals surface area contributed by atoms with Crippen molar-refractivity contribution < 1.29 is 18.4 Å². The minimum Gasteiger partial charge on any atom is -0.320 e. The molecule has 1 saturated carbocycles. The Morgan fingerprint density at radius 3 is 2.38 bits per heavy atom. The first kappa shape index (κ1) is 16.7. The number of hydrogen-bond donors (Lipinski definition) is 1. The number of aryl methyl sites for hydroxylation is 1. The van der Waals surface area contributed by atoms with E-state index in [0.29, 0.717) is 19.4 Å². The molecule has 2 aromatic carbocycles. The van der Waals surface area contributed by atoms with E-state index in [1.165, 1.54) is 6.07 Å².